The molecule has 0 aliphatic carbocycles. The third-order valence-electron chi connectivity index (χ3n) is 1.04. The Balaban J connectivity index is 3.66. The fourth-order valence-electron chi connectivity index (χ4n) is 0.427. The highest BCUT2D eigenvalue weighted by Crippen LogP contribution is 1.87. The molecule has 4 heteroatoms. The Bertz CT molecular complexity index is 150. The van der Waals surface area contributed by atoms with Crippen molar-refractivity contribution in [2.24, 2.45) is 0 Å². The number of hydrogen-bond acceptors (Lipinski definition) is 3. The van der Waals surface area contributed by atoms with Crippen LogP contribution in [0.15, 0.2) is 0 Å². The molecule has 0 radical (unpaired) electrons. The number of methoxy groups -OCH3 is 1. The van der Waals surface area contributed by atoms with Gasteiger partial charge in [-0.1, -0.05) is 6.92 Å². The molecule has 0 rings (SSSR count). The van der Waals surface area contributed by atoms with Crippen molar-refractivity contribution in [3.05, 3.63) is 0 Å². The smallest absolute Gasteiger partial charge is 0.407 e. The number of ether oxygens (including phenoxy) is 1. The maximum absolute atomic E-state index is 10.5. The van der Waals surface area contributed by atoms with Gasteiger partial charge in [0.15, 0.2) is 0 Å². The second-order valence-electron chi connectivity index (χ2n) is 1.73. The lowest BCUT2D eigenvalue weighted by Crippen LogP contribution is -2.32. The summed E-state index contributed by atoms with van der Waals surface area (Å²) in [5.41, 5.74) is 0. The predicted octanol–water partition coefficient (Wildman–Crippen LogP) is 0.645. The lowest BCUT2D eigenvalue weighted by Gasteiger charge is -2.05. The van der Waals surface area contributed by atoms with Gasteiger partial charge in [-0.25, -0.2) is 4.79 Å². The molecular formula is C6H10N2O2. The molecule has 0 heterocycles. The van der Waals surface area contributed by atoms with Crippen molar-refractivity contribution < 1.29 is 9.53 Å². The number of rotatable bonds is 2. The van der Waals surface area contributed by atoms with E-state index in [9.17, 15) is 4.79 Å². The molecule has 0 bridgehead atoms. The molecule has 0 spiro atoms. The van der Waals surface area contributed by atoms with E-state index in [2.05, 4.69) is 10.1 Å². The molecule has 10 heavy (non-hydrogen) atoms. The Morgan fingerprint density at radius 2 is 2.50 bits per heavy atom. The van der Waals surface area contributed by atoms with E-state index in [1.807, 2.05) is 13.0 Å². The summed E-state index contributed by atoms with van der Waals surface area (Å²) < 4.78 is 4.28. The van der Waals surface area contributed by atoms with Gasteiger partial charge in [0.25, 0.3) is 0 Å². The standard InChI is InChI=1S/C6H10N2O2/c1-3-5(4-7)8-6(9)10-2/h5H,3H2,1-2H3,(H,8,9)/t5-/m0/s1. The van der Waals surface area contributed by atoms with Gasteiger partial charge in [-0.05, 0) is 6.42 Å². The second kappa shape index (κ2) is 4.62. The number of hydrogen-bond donors (Lipinski definition) is 1. The van der Waals surface area contributed by atoms with E-state index < -0.39 is 12.1 Å². The third kappa shape index (κ3) is 2.92. The number of alkyl carbamates (subject to hydrolysis) is 1. The monoisotopic (exact) mass is 142 g/mol. The van der Waals surface area contributed by atoms with Gasteiger partial charge in [0.1, 0.15) is 6.04 Å². The Labute approximate surface area is 59.8 Å². The van der Waals surface area contributed by atoms with Crippen molar-refractivity contribution in [1.82, 2.24) is 5.32 Å². The van der Waals surface area contributed by atoms with E-state index in [1.165, 1.54) is 7.11 Å². The average molecular weight is 142 g/mol. The van der Waals surface area contributed by atoms with Crippen LogP contribution in [0.25, 0.3) is 0 Å². The minimum Gasteiger partial charge on any atom is -0.453 e. The van der Waals surface area contributed by atoms with Crippen LogP contribution in [0.3, 0.4) is 0 Å². The first-order valence-electron chi connectivity index (χ1n) is 2.98. The molecule has 4 nitrogen and oxygen atoms in total. The van der Waals surface area contributed by atoms with E-state index in [-0.39, 0.29) is 0 Å². The Morgan fingerprint density at radius 1 is 1.90 bits per heavy atom. The van der Waals surface area contributed by atoms with Gasteiger partial charge in [0, 0.05) is 0 Å². The average Bonchev–Trinajstić information content (AvgIpc) is 1.99. The van der Waals surface area contributed by atoms with Gasteiger partial charge >= 0.3 is 6.09 Å². The highest BCUT2D eigenvalue weighted by molar-refractivity contribution is 5.67. The van der Waals surface area contributed by atoms with Crippen LogP contribution in [0.2, 0.25) is 0 Å². The summed E-state index contributed by atoms with van der Waals surface area (Å²) in [7, 11) is 1.26. The fourth-order valence-corrected chi connectivity index (χ4v) is 0.427. The summed E-state index contributed by atoms with van der Waals surface area (Å²) in [4.78, 5) is 10.5. The third-order valence-corrected chi connectivity index (χ3v) is 1.04. The predicted molar refractivity (Wildman–Crippen MR) is 35.2 cm³/mol. The van der Waals surface area contributed by atoms with Crippen LogP contribution in [-0.4, -0.2) is 19.2 Å². The highest BCUT2D eigenvalue weighted by atomic mass is 16.5. The molecule has 0 aliphatic heterocycles. The first kappa shape index (κ1) is 8.76. The molecule has 0 aromatic rings. The van der Waals surface area contributed by atoms with E-state index >= 15 is 0 Å². The Hall–Kier alpha value is -1.24. The van der Waals surface area contributed by atoms with Crippen LogP contribution in [0.4, 0.5) is 4.79 Å². The number of carbonyl (C=O) groups excluding carboxylic acids is 1. The largest absolute Gasteiger partial charge is 0.453 e. The molecular weight excluding hydrogens is 132 g/mol. The van der Waals surface area contributed by atoms with Crippen LogP contribution in [0.5, 0.6) is 0 Å². The molecule has 0 fully saturated rings. The molecule has 0 unspecified atom stereocenters. The summed E-state index contributed by atoms with van der Waals surface area (Å²) in [5.74, 6) is 0. The van der Waals surface area contributed by atoms with Crippen molar-refractivity contribution in [3.63, 3.8) is 0 Å². The van der Waals surface area contributed by atoms with Crippen molar-refractivity contribution >= 4 is 6.09 Å². The highest BCUT2D eigenvalue weighted by Gasteiger charge is 2.06. The van der Waals surface area contributed by atoms with Crippen molar-refractivity contribution in [1.29, 1.82) is 5.26 Å². The Kier molecular flexibility index (Phi) is 4.05. The molecule has 0 saturated carbocycles. The van der Waals surface area contributed by atoms with Crippen LogP contribution >= 0.6 is 0 Å². The maximum atomic E-state index is 10.5. The van der Waals surface area contributed by atoms with Crippen LogP contribution in [0, 0.1) is 11.3 Å². The van der Waals surface area contributed by atoms with Crippen LogP contribution in [0.1, 0.15) is 13.3 Å². The molecule has 0 aromatic carbocycles. The number of nitrogens with zero attached hydrogens (tertiary/aromatic N) is 1. The van der Waals surface area contributed by atoms with Gasteiger partial charge in [0.05, 0.1) is 13.2 Å². The summed E-state index contributed by atoms with van der Waals surface area (Å²) in [6.07, 6.45) is 0.0272. The van der Waals surface area contributed by atoms with Crippen molar-refractivity contribution in [3.8, 4) is 6.07 Å². The summed E-state index contributed by atoms with van der Waals surface area (Å²) in [5, 5.41) is 10.7. The minimum absolute atomic E-state index is 0.438. The zero-order chi connectivity index (χ0) is 7.98. The maximum Gasteiger partial charge on any atom is 0.407 e. The summed E-state index contributed by atoms with van der Waals surface area (Å²) in [6, 6.07) is 1.47. The molecule has 1 atom stereocenters. The van der Waals surface area contributed by atoms with Crippen LogP contribution in [-0.2, 0) is 4.74 Å². The van der Waals surface area contributed by atoms with Crippen LogP contribution < -0.4 is 5.32 Å². The van der Waals surface area contributed by atoms with Gasteiger partial charge in [-0.2, -0.15) is 5.26 Å². The Morgan fingerprint density at radius 3 is 2.80 bits per heavy atom. The van der Waals surface area contributed by atoms with E-state index in [0.717, 1.165) is 0 Å². The lowest BCUT2D eigenvalue weighted by molar-refractivity contribution is 0.168. The minimum atomic E-state index is -0.562. The summed E-state index contributed by atoms with van der Waals surface area (Å²) in [6.45, 7) is 1.81. The first-order chi connectivity index (χ1) is 4.74. The van der Waals surface area contributed by atoms with Crippen molar-refractivity contribution in [2.45, 2.75) is 19.4 Å². The molecule has 56 valence electrons. The first-order valence-corrected chi connectivity index (χ1v) is 2.98. The van der Waals surface area contributed by atoms with E-state index in [4.69, 9.17) is 5.26 Å². The SMILES string of the molecule is CC[C@@H](C#N)NC(=O)OC. The van der Waals surface area contributed by atoms with Gasteiger partial charge in [-0.3, -0.25) is 0 Å². The lowest BCUT2D eigenvalue weighted by atomic mass is 10.3. The molecule has 0 aliphatic rings. The van der Waals surface area contributed by atoms with E-state index in [0.29, 0.717) is 6.42 Å². The fraction of sp³-hybridized carbons (Fsp3) is 0.667. The quantitative estimate of drug-likeness (QED) is 0.615. The molecule has 1 N–H and O–H groups in total. The van der Waals surface area contributed by atoms with Gasteiger partial charge in [0.2, 0.25) is 0 Å². The summed E-state index contributed by atoms with van der Waals surface area (Å²) >= 11 is 0. The van der Waals surface area contributed by atoms with E-state index in [1.54, 1.807) is 0 Å². The topological polar surface area (TPSA) is 62.1 Å². The zero-order valence-corrected chi connectivity index (χ0v) is 6.05. The number of carbonyl (C=O) groups is 1. The second-order valence-corrected chi connectivity index (χ2v) is 1.73. The number of nitrogens with one attached hydrogen (secondary N) is 1. The zero-order valence-electron chi connectivity index (χ0n) is 6.05. The number of amides is 1. The van der Waals surface area contributed by atoms with Gasteiger partial charge in [-0.15, -0.1) is 0 Å². The molecule has 1 amide bonds. The van der Waals surface area contributed by atoms with Gasteiger partial charge < -0.3 is 10.1 Å². The van der Waals surface area contributed by atoms with Crippen molar-refractivity contribution in [2.75, 3.05) is 7.11 Å². The normalized spacial score (nSPS) is 11.3. The molecule has 0 aromatic heterocycles. The number of nitriles is 1. The molecule has 0 saturated heterocycles.